The number of rotatable bonds is 19. The van der Waals surface area contributed by atoms with Gasteiger partial charge < -0.3 is 49.3 Å². The van der Waals surface area contributed by atoms with Crippen molar-refractivity contribution in [2.75, 3.05) is 74.7 Å². The molecule has 1 aliphatic rings. The maximum Gasteiger partial charge on any atom is 0.323 e. The van der Waals surface area contributed by atoms with E-state index in [1.807, 2.05) is 54.6 Å². The zero-order chi connectivity index (χ0) is 39.4. The number of hydrogen-bond acceptors (Lipinski definition) is 11. The standard InChI is InChI=1S/C41H45N5O10/c1-2-3-4-5-16-54-32-11-13-35-33(22-32)44-41(56-35)29-7-6-28-20-30(9-8-27(28)19-29)42-23-37(47)43-31-10-12-34(46(24-39(49)50)25-40(51)52)36(21-31)55-26-38(48)45-14-17-53-18-15-45/h6-13,19-22,42H,2-5,14-18,23-26H2,1H3,(H,43,47)(H,49,50)(H,51,52). The number of nitrogens with zero attached hydrogens (tertiary/aromatic N) is 3. The van der Waals surface area contributed by atoms with E-state index in [9.17, 15) is 29.4 Å². The predicted octanol–water partition coefficient (Wildman–Crippen LogP) is 5.87. The summed E-state index contributed by atoms with van der Waals surface area (Å²) in [5.74, 6) is -1.90. The third-order valence-corrected chi connectivity index (χ3v) is 9.12. The lowest BCUT2D eigenvalue weighted by atomic mass is 10.1. The van der Waals surface area contributed by atoms with Gasteiger partial charge in [-0.1, -0.05) is 38.3 Å². The zero-order valence-electron chi connectivity index (χ0n) is 31.1. The Kier molecular flexibility index (Phi) is 13.2. The van der Waals surface area contributed by atoms with Crippen LogP contribution in [0.15, 0.2) is 77.2 Å². The van der Waals surface area contributed by atoms with E-state index in [1.54, 1.807) is 4.90 Å². The van der Waals surface area contributed by atoms with Gasteiger partial charge in [0.15, 0.2) is 12.2 Å². The molecule has 1 aliphatic heterocycles. The Morgan fingerprint density at radius 3 is 2.36 bits per heavy atom. The third-order valence-electron chi connectivity index (χ3n) is 9.12. The van der Waals surface area contributed by atoms with Gasteiger partial charge in [-0.25, -0.2) is 4.98 Å². The molecule has 1 aromatic heterocycles. The minimum Gasteiger partial charge on any atom is -0.494 e. The molecule has 1 fully saturated rings. The van der Waals surface area contributed by atoms with Crippen LogP contribution in [0.2, 0.25) is 0 Å². The topological polar surface area (TPSA) is 193 Å². The Morgan fingerprint density at radius 1 is 0.839 bits per heavy atom. The molecule has 15 heteroatoms. The molecule has 2 heterocycles. The minimum absolute atomic E-state index is 0.0403. The number of oxazole rings is 1. The molecule has 6 rings (SSSR count). The number of carboxylic acid groups (broad SMARTS) is 2. The van der Waals surface area contributed by atoms with Crippen LogP contribution in [0.3, 0.4) is 0 Å². The van der Waals surface area contributed by atoms with Gasteiger partial charge in [-0.3, -0.25) is 19.2 Å². The number of aromatic nitrogens is 1. The minimum atomic E-state index is -1.25. The molecule has 294 valence electrons. The first-order chi connectivity index (χ1) is 27.1. The molecule has 2 amide bonds. The Bertz CT molecular complexity index is 2170. The summed E-state index contributed by atoms with van der Waals surface area (Å²) in [6, 6.07) is 21.7. The SMILES string of the molecule is CCCCCCOc1ccc2oc(-c3ccc4cc(NCC(=O)Nc5ccc(N(CC(=O)O)CC(=O)O)c(OCC(=O)N6CCOCC6)c5)ccc4c3)nc2c1. The van der Waals surface area contributed by atoms with Crippen LogP contribution in [0.25, 0.3) is 33.3 Å². The van der Waals surface area contributed by atoms with Gasteiger partial charge in [0, 0.05) is 42.2 Å². The average molecular weight is 768 g/mol. The molecule has 0 aliphatic carbocycles. The maximum atomic E-state index is 13.1. The quantitative estimate of drug-likeness (QED) is 0.0730. The van der Waals surface area contributed by atoms with Crippen molar-refractivity contribution >= 4 is 62.7 Å². The van der Waals surface area contributed by atoms with Crippen LogP contribution in [0.4, 0.5) is 17.1 Å². The molecule has 1 saturated heterocycles. The molecule has 4 N–H and O–H groups in total. The van der Waals surface area contributed by atoms with Crippen molar-refractivity contribution in [2.45, 2.75) is 32.6 Å². The van der Waals surface area contributed by atoms with E-state index in [0.717, 1.165) is 45.3 Å². The smallest absolute Gasteiger partial charge is 0.323 e. The fourth-order valence-corrected chi connectivity index (χ4v) is 6.28. The summed E-state index contributed by atoms with van der Waals surface area (Å²) in [5.41, 5.74) is 3.38. The molecule has 5 aromatic rings. The van der Waals surface area contributed by atoms with Gasteiger partial charge in [0.25, 0.3) is 5.91 Å². The maximum absolute atomic E-state index is 13.1. The summed E-state index contributed by atoms with van der Waals surface area (Å²) in [4.78, 5) is 56.4. The van der Waals surface area contributed by atoms with E-state index >= 15 is 0 Å². The van der Waals surface area contributed by atoms with Gasteiger partial charge in [-0.2, -0.15) is 0 Å². The van der Waals surface area contributed by atoms with Gasteiger partial charge in [-0.05, 0) is 65.7 Å². The highest BCUT2D eigenvalue weighted by Gasteiger charge is 2.22. The lowest BCUT2D eigenvalue weighted by molar-refractivity contribution is -0.138. The van der Waals surface area contributed by atoms with Crippen molar-refractivity contribution in [3.8, 4) is 23.0 Å². The van der Waals surface area contributed by atoms with E-state index in [-0.39, 0.29) is 30.5 Å². The molecular weight excluding hydrogens is 722 g/mol. The number of unbranched alkanes of at least 4 members (excludes halogenated alkanes) is 3. The molecule has 0 bridgehead atoms. The monoisotopic (exact) mass is 767 g/mol. The number of aliphatic carboxylic acids is 2. The van der Waals surface area contributed by atoms with Gasteiger partial charge in [0.1, 0.15) is 30.1 Å². The first-order valence-corrected chi connectivity index (χ1v) is 18.6. The second-order valence-corrected chi connectivity index (χ2v) is 13.3. The highest BCUT2D eigenvalue weighted by Crippen LogP contribution is 2.33. The van der Waals surface area contributed by atoms with E-state index in [1.165, 1.54) is 31.0 Å². The van der Waals surface area contributed by atoms with Crippen molar-refractivity contribution in [1.29, 1.82) is 0 Å². The third kappa shape index (κ3) is 10.7. The number of nitrogens with one attached hydrogen (secondary N) is 2. The van der Waals surface area contributed by atoms with Crippen LogP contribution in [-0.4, -0.2) is 103 Å². The molecule has 15 nitrogen and oxygen atoms in total. The summed E-state index contributed by atoms with van der Waals surface area (Å²) in [6.45, 7) is 2.72. The lowest BCUT2D eigenvalue weighted by Gasteiger charge is -2.28. The van der Waals surface area contributed by atoms with Gasteiger partial charge in [0.2, 0.25) is 11.8 Å². The Hall–Kier alpha value is -6.35. The molecule has 0 unspecified atom stereocenters. The van der Waals surface area contributed by atoms with Crippen LogP contribution < -0.4 is 25.0 Å². The number of fused-ring (bicyclic) bond motifs is 2. The fraction of sp³-hybridized carbons (Fsp3) is 0.341. The second-order valence-electron chi connectivity index (χ2n) is 13.3. The van der Waals surface area contributed by atoms with Crippen molar-refractivity contribution in [1.82, 2.24) is 9.88 Å². The molecule has 0 spiro atoms. The normalized spacial score (nSPS) is 12.7. The van der Waals surface area contributed by atoms with E-state index in [4.69, 9.17) is 23.6 Å². The fourth-order valence-electron chi connectivity index (χ4n) is 6.28. The number of ether oxygens (including phenoxy) is 3. The molecule has 4 aromatic carbocycles. The first kappa shape index (κ1) is 39.3. The van der Waals surface area contributed by atoms with Gasteiger partial charge in [0.05, 0.1) is 32.1 Å². The number of anilines is 3. The largest absolute Gasteiger partial charge is 0.494 e. The van der Waals surface area contributed by atoms with Gasteiger partial charge in [-0.15, -0.1) is 0 Å². The number of carboxylic acids is 2. The molecule has 0 saturated carbocycles. The number of carbonyl (C=O) groups excluding carboxylic acids is 2. The van der Waals surface area contributed by atoms with Crippen molar-refractivity contribution < 1.29 is 48.0 Å². The number of amides is 2. The van der Waals surface area contributed by atoms with Crippen molar-refractivity contribution in [2.24, 2.45) is 0 Å². The molecule has 56 heavy (non-hydrogen) atoms. The lowest BCUT2D eigenvalue weighted by Crippen LogP contribution is -2.43. The van der Waals surface area contributed by atoms with Crippen LogP contribution >= 0.6 is 0 Å². The number of hydrogen-bond donors (Lipinski definition) is 4. The molecular formula is C41H45N5O10. The summed E-state index contributed by atoms with van der Waals surface area (Å²) in [7, 11) is 0. The van der Waals surface area contributed by atoms with Crippen LogP contribution in [0, 0.1) is 0 Å². The van der Waals surface area contributed by atoms with Crippen molar-refractivity contribution in [3.63, 3.8) is 0 Å². The average Bonchev–Trinajstić information content (AvgIpc) is 3.62. The summed E-state index contributed by atoms with van der Waals surface area (Å²) >= 11 is 0. The van der Waals surface area contributed by atoms with Crippen molar-refractivity contribution in [3.05, 3.63) is 72.8 Å². The van der Waals surface area contributed by atoms with E-state index in [2.05, 4.69) is 17.6 Å². The van der Waals surface area contributed by atoms with E-state index < -0.39 is 30.9 Å². The zero-order valence-corrected chi connectivity index (χ0v) is 31.1. The highest BCUT2D eigenvalue weighted by atomic mass is 16.5. The highest BCUT2D eigenvalue weighted by molar-refractivity contribution is 5.95. The first-order valence-electron chi connectivity index (χ1n) is 18.6. The summed E-state index contributed by atoms with van der Waals surface area (Å²) < 4.78 is 23.1. The second kappa shape index (κ2) is 18.8. The van der Waals surface area contributed by atoms with E-state index in [0.29, 0.717) is 55.8 Å². The summed E-state index contributed by atoms with van der Waals surface area (Å²) in [6.07, 6.45) is 4.54. The van der Waals surface area contributed by atoms with Gasteiger partial charge >= 0.3 is 11.9 Å². The predicted molar refractivity (Wildman–Crippen MR) is 211 cm³/mol. The molecule has 0 atom stereocenters. The number of carbonyl (C=O) groups is 4. The van der Waals surface area contributed by atoms with Crippen LogP contribution in [0.1, 0.15) is 32.6 Å². The van der Waals surface area contributed by atoms with Crippen LogP contribution in [0.5, 0.6) is 11.5 Å². The number of benzene rings is 4. The van der Waals surface area contributed by atoms with Crippen LogP contribution in [-0.2, 0) is 23.9 Å². The summed E-state index contributed by atoms with van der Waals surface area (Å²) in [5, 5.41) is 26.7. The Morgan fingerprint density at radius 2 is 1.59 bits per heavy atom. The Balaban J connectivity index is 1.09. The molecule has 0 radical (unpaired) electrons. The number of morpholine rings is 1. The Labute approximate surface area is 323 Å².